The normalized spacial score (nSPS) is 11.4. The molecule has 5 aromatic rings. The minimum atomic E-state index is 0.450. The first-order chi connectivity index (χ1) is 14.7. The molecule has 3 heterocycles. The van der Waals surface area contributed by atoms with Crippen molar-refractivity contribution < 1.29 is 4.74 Å². The number of pyridine rings is 1. The van der Waals surface area contributed by atoms with E-state index in [-0.39, 0.29) is 0 Å². The molecule has 0 radical (unpaired) electrons. The number of nitrogens with zero attached hydrogens (tertiary/aromatic N) is 3. The van der Waals surface area contributed by atoms with Crippen LogP contribution in [-0.2, 0) is 11.3 Å². The zero-order valence-electron chi connectivity index (χ0n) is 16.4. The molecule has 150 valence electrons. The van der Waals surface area contributed by atoms with Crippen molar-refractivity contribution in [2.45, 2.75) is 6.54 Å². The van der Waals surface area contributed by atoms with Crippen LogP contribution in [0.1, 0.15) is 0 Å². The van der Waals surface area contributed by atoms with Crippen LogP contribution in [0.4, 0.5) is 11.6 Å². The molecule has 2 N–H and O–H groups in total. The van der Waals surface area contributed by atoms with Crippen LogP contribution in [0.3, 0.4) is 0 Å². The number of anilines is 2. The van der Waals surface area contributed by atoms with Crippen LogP contribution in [0.25, 0.3) is 33.2 Å². The summed E-state index contributed by atoms with van der Waals surface area (Å²) in [6.45, 7) is 1.26. The Morgan fingerprint density at radius 1 is 1.03 bits per heavy atom. The molecule has 0 bridgehead atoms. The van der Waals surface area contributed by atoms with Crippen LogP contribution >= 0.6 is 11.6 Å². The summed E-state index contributed by atoms with van der Waals surface area (Å²) in [5.74, 6) is 0.731. The van der Waals surface area contributed by atoms with E-state index in [1.54, 1.807) is 13.2 Å². The number of fused-ring (bicyclic) bond motifs is 2. The molecule has 0 fully saturated rings. The molecule has 0 aliphatic carbocycles. The Labute approximate surface area is 178 Å². The zero-order valence-corrected chi connectivity index (χ0v) is 17.1. The van der Waals surface area contributed by atoms with Gasteiger partial charge in [-0.25, -0.2) is 9.97 Å². The number of nitrogens with one attached hydrogen (secondary N) is 2. The number of hydrogen-bond acceptors (Lipinski definition) is 4. The summed E-state index contributed by atoms with van der Waals surface area (Å²) in [6.07, 6.45) is 1.88. The van der Waals surface area contributed by atoms with E-state index in [9.17, 15) is 0 Å². The van der Waals surface area contributed by atoms with Crippen molar-refractivity contribution in [2.75, 3.05) is 19.0 Å². The molecule has 3 aromatic heterocycles. The maximum atomic E-state index is 6.10. The second kappa shape index (κ2) is 7.82. The van der Waals surface area contributed by atoms with Gasteiger partial charge in [0.25, 0.3) is 0 Å². The van der Waals surface area contributed by atoms with Gasteiger partial charge in [-0.2, -0.15) is 0 Å². The number of aromatic amines is 1. The lowest BCUT2D eigenvalue weighted by molar-refractivity contribution is 0.189. The van der Waals surface area contributed by atoms with Crippen molar-refractivity contribution in [1.82, 2.24) is 19.5 Å². The highest BCUT2D eigenvalue weighted by molar-refractivity contribution is 6.29. The second-order valence-electron chi connectivity index (χ2n) is 7.01. The maximum Gasteiger partial charge on any atom is 0.208 e. The molecule has 0 aliphatic heterocycles. The number of aromatic nitrogens is 4. The van der Waals surface area contributed by atoms with Gasteiger partial charge in [0.2, 0.25) is 5.95 Å². The molecular formula is C23H20ClN5O. The molecular weight excluding hydrogens is 398 g/mol. The third-order valence-corrected chi connectivity index (χ3v) is 5.32. The first-order valence-electron chi connectivity index (χ1n) is 9.68. The van der Waals surface area contributed by atoms with Gasteiger partial charge in [-0.05, 0) is 35.4 Å². The molecule has 0 amide bonds. The number of halogens is 1. The molecule has 2 aromatic carbocycles. The highest BCUT2D eigenvalue weighted by Gasteiger charge is 2.14. The molecule has 5 rings (SSSR count). The summed E-state index contributed by atoms with van der Waals surface area (Å²) in [7, 11) is 1.70. The van der Waals surface area contributed by atoms with Crippen LogP contribution in [-0.4, -0.2) is 33.2 Å². The third kappa shape index (κ3) is 3.40. The van der Waals surface area contributed by atoms with Gasteiger partial charge in [0.05, 0.1) is 28.8 Å². The summed E-state index contributed by atoms with van der Waals surface area (Å²) < 4.78 is 7.44. The smallest absolute Gasteiger partial charge is 0.208 e. The Kier molecular flexibility index (Phi) is 4.86. The molecule has 0 saturated carbocycles. The van der Waals surface area contributed by atoms with E-state index in [0.29, 0.717) is 18.3 Å². The average Bonchev–Trinajstić information content (AvgIpc) is 3.33. The van der Waals surface area contributed by atoms with Crippen LogP contribution in [0.15, 0.2) is 66.9 Å². The highest BCUT2D eigenvalue weighted by atomic mass is 35.5. The van der Waals surface area contributed by atoms with E-state index in [2.05, 4.69) is 50.2 Å². The fourth-order valence-corrected chi connectivity index (χ4v) is 3.78. The summed E-state index contributed by atoms with van der Waals surface area (Å²) in [5.41, 5.74) is 6.76. The predicted octanol–water partition coefficient (Wildman–Crippen LogP) is 5.62. The Bertz CT molecular complexity index is 1330. The van der Waals surface area contributed by atoms with Gasteiger partial charge < -0.3 is 19.6 Å². The molecule has 0 aliphatic rings. The number of hydrogen-bond donors (Lipinski definition) is 2. The lowest BCUT2D eigenvalue weighted by atomic mass is 10.1. The van der Waals surface area contributed by atoms with E-state index in [1.807, 2.05) is 30.5 Å². The van der Waals surface area contributed by atoms with Crippen molar-refractivity contribution in [3.63, 3.8) is 0 Å². The predicted molar refractivity (Wildman–Crippen MR) is 121 cm³/mol. The number of ether oxygens (including phenoxy) is 1. The fraction of sp³-hybridized carbons (Fsp3) is 0.130. The minimum Gasteiger partial charge on any atom is -0.383 e. The van der Waals surface area contributed by atoms with Crippen molar-refractivity contribution in [2.24, 2.45) is 0 Å². The number of H-pyrrole nitrogens is 1. The van der Waals surface area contributed by atoms with Gasteiger partial charge in [0.1, 0.15) is 10.7 Å². The number of benzene rings is 2. The quantitative estimate of drug-likeness (QED) is 0.352. The van der Waals surface area contributed by atoms with Crippen molar-refractivity contribution in [3.8, 4) is 11.1 Å². The Balaban J connectivity index is 1.59. The lowest BCUT2D eigenvalue weighted by Crippen LogP contribution is -2.08. The largest absolute Gasteiger partial charge is 0.383 e. The number of imidazole rings is 1. The van der Waals surface area contributed by atoms with Crippen LogP contribution < -0.4 is 5.32 Å². The molecule has 0 atom stereocenters. The summed E-state index contributed by atoms with van der Waals surface area (Å²) in [5, 5.41) is 3.87. The van der Waals surface area contributed by atoms with E-state index >= 15 is 0 Å². The maximum absolute atomic E-state index is 6.10. The monoisotopic (exact) mass is 417 g/mol. The minimum absolute atomic E-state index is 0.450. The van der Waals surface area contributed by atoms with Gasteiger partial charge >= 0.3 is 0 Å². The van der Waals surface area contributed by atoms with Gasteiger partial charge in [-0.15, -0.1) is 0 Å². The van der Waals surface area contributed by atoms with Crippen LogP contribution in [0.5, 0.6) is 0 Å². The standard InChI is InChI=1S/C23H20ClN5O/c1-30-12-11-29-20-9-7-16(15-5-3-2-4-6-15)13-18(20)26-23(29)27-19-14-25-17-8-10-21(24)28-22(17)19/h2-10,13-14,25H,11-12H2,1H3,(H,26,27). The SMILES string of the molecule is COCCn1c(Nc2c[nH]c3ccc(Cl)nc23)nc2cc(-c3ccccc3)ccc21. The lowest BCUT2D eigenvalue weighted by Gasteiger charge is -2.10. The zero-order chi connectivity index (χ0) is 20.5. The molecule has 0 saturated heterocycles. The van der Waals surface area contributed by atoms with Gasteiger partial charge in [0.15, 0.2) is 0 Å². The summed E-state index contributed by atoms with van der Waals surface area (Å²) in [6, 6.07) is 20.3. The average molecular weight is 418 g/mol. The molecule has 30 heavy (non-hydrogen) atoms. The van der Waals surface area contributed by atoms with Gasteiger partial charge in [-0.1, -0.05) is 48.0 Å². The van der Waals surface area contributed by atoms with E-state index in [0.717, 1.165) is 44.8 Å². The highest BCUT2D eigenvalue weighted by Crippen LogP contribution is 2.30. The topological polar surface area (TPSA) is 67.8 Å². The number of rotatable bonds is 6. The summed E-state index contributed by atoms with van der Waals surface area (Å²) >= 11 is 6.10. The second-order valence-corrected chi connectivity index (χ2v) is 7.39. The fourth-order valence-electron chi connectivity index (χ4n) is 3.64. The van der Waals surface area contributed by atoms with Crippen LogP contribution in [0, 0.1) is 0 Å². The Hall–Kier alpha value is -3.35. The van der Waals surface area contributed by atoms with Crippen molar-refractivity contribution in [3.05, 3.63) is 72.0 Å². The third-order valence-electron chi connectivity index (χ3n) is 5.11. The molecule has 6 nitrogen and oxygen atoms in total. The van der Waals surface area contributed by atoms with E-state index < -0.39 is 0 Å². The van der Waals surface area contributed by atoms with E-state index in [4.69, 9.17) is 21.3 Å². The van der Waals surface area contributed by atoms with Gasteiger partial charge in [-0.3, -0.25) is 0 Å². The molecule has 0 spiro atoms. The Morgan fingerprint density at radius 3 is 2.73 bits per heavy atom. The van der Waals surface area contributed by atoms with Crippen molar-refractivity contribution in [1.29, 1.82) is 0 Å². The summed E-state index contributed by atoms with van der Waals surface area (Å²) in [4.78, 5) is 12.5. The first kappa shape index (κ1) is 18.7. The molecule has 7 heteroatoms. The number of methoxy groups -OCH3 is 1. The molecule has 0 unspecified atom stereocenters. The van der Waals surface area contributed by atoms with E-state index in [1.165, 1.54) is 0 Å². The van der Waals surface area contributed by atoms with Crippen molar-refractivity contribution >= 4 is 45.3 Å². The Morgan fingerprint density at radius 2 is 1.90 bits per heavy atom. The van der Waals surface area contributed by atoms with Gasteiger partial charge in [0, 0.05) is 19.9 Å². The van der Waals surface area contributed by atoms with Crippen LogP contribution in [0.2, 0.25) is 5.15 Å². The first-order valence-corrected chi connectivity index (χ1v) is 10.1.